The Morgan fingerprint density at radius 2 is 0.921 bits per heavy atom. The van der Waals surface area contributed by atoms with Crippen molar-refractivity contribution in [2.24, 2.45) is 0 Å². The van der Waals surface area contributed by atoms with Gasteiger partial charge in [0.05, 0.1) is 16.6 Å². The molecule has 0 aliphatic carbocycles. The Balaban J connectivity index is 1.40. The summed E-state index contributed by atoms with van der Waals surface area (Å²) in [6, 6.07) is 47.6. The van der Waals surface area contributed by atoms with Crippen LogP contribution in [-0.2, 0) is 0 Å². The molecular formula is C35H23N3. The van der Waals surface area contributed by atoms with Gasteiger partial charge < -0.3 is 4.57 Å². The molecule has 0 amide bonds. The Hall–Kier alpha value is -5.15. The van der Waals surface area contributed by atoms with Crippen LogP contribution in [0.4, 0.5) is 0 Å². The van der Waals surface area contributed by atoms with Crippen LogP contribution in [0.25, 0.3) is 66.2 Å². The maximum atomic E-state index is 4.77. The van der Waals surface area contributed by atoms with E-state index < -0.39 is 0 Å². The van der Waals surface area contributed by atoms with Crippen LogP contribution in [0.3, 0.4) is 0 Å². The van der Waals surface area contributed by atoms with E-state index >= 15 is 0 Å². The number of aromatic nitrogens is 3. The Morgan fingerprint density at radius 1 is 0.395 bits per heavy atom. The van der Waals surface area contributed by atoms with Crippen molar-refractivity contribution in [3.63, 3.8) is 0 Å². The van der Waals surface area contributed by atoms with E-state index in [0.717, 1.165) is 22.2 Å². The molecule has 0 N–H and O–H groups in total. The van der Waals surface area contributed by atoms with Gasteiger partial charge in [-0.05, 0) is 65.7 Å². The number of hydrogen-bond acceptors (Lipinski definition) is 1. The SMILES string of the molecule is c1ccc(-n2c3ccccc3c3ccc(-c4ccc5c6cccnc6n(-c6ccccc6)c5c4)cc32)cc1. The summed E-state index contributed by atoms with van der Waals surface area (Å²) in [6.07, 6.45) is 1.87. The summed E-state index contributed by atoms with van der Waals surface area (Å²) in [5.74, 6) is 0. The third-order valence-electron chi connectivity index (χ3n) is 7.56. The smallest absolute Gasteiger partial charge is 0.145 e. The first-order valence-corrected chi connectivity index (χ1v) is 12.9. The first-order valence-electron chi connectivity index (χ1n) is 12.9. The molecule has 3 heterocycles. The van der Waals surface area contributed by atoms with Crippen LogP contribution >= 0.6 is 0 Å². The van der Waals surface area contributed by atoms with Crippen LogP contribution in [0.15, 0.2) is 140 Å². The van der Waals surface area contributed by atoms with Crippen molar-refractivity contribution in [3.05, 3.63) is 140 Å². The second-order valence-corrected chi connectivity index (χ2v) is 9.70. The maximum Gasteiger partial charge on any atom is 0.145 e. The number of hydrogen-bond donors (Lipinski definition) is 0. The second-order valence-electron chi connectivity index (χ2n) is 9.70. The summed E-state index contributed by atoms with van der Waals surface area (Å²) in [4.78, 5) is 4.77. The van der Waals surface area contributed by atoms with Crippen LogP contribution in [0.5, 0.6) is 0 Å². The van der Waals surface area contributed by atoms with E-state index in [0.29, 0.717) is 0 Å². The van der Waals surface area contributed by atoms with E-state index in [1.807, 2.05) is 12.3 Å². The molecule has 0 fully saturated rings. The summed E-state index contributed by atoms with van der Waals surface area (Å²) >= 11 is 0. The molecule has 0 aliphatic rings. The van der Waals surface area contributed by atoms with Gasteiger partial charge in [-0.25, -0.2) is 4.98 Å². The lowest BCUT2D eigenvalue weighted by Gasteiger charge is -2.10. The highest BCUT2D eigenvalue weighted by Crippen LogP contribution is 2.37. The molecule has 3 nitrogen and oxygen atoms in total. The molecule has 3 aromatic heterocycles. The lowest BCUT2D eigenvalue weighted by molar-refractivity contribution is 1.14. The molecule has 5 aromatic carbocycles. The molecule has 8 aromatic rings. The molecule has 0 unspecified atom stereocenters. The molecule has 0 saturated carbocycles. The summed E-state index contributed by atoms with van der Waals surface area (Å²) in [5.41, 5.74) is 9.22. The largest absolute Gasteiger partial charge is 0.309 e. The molecule has 0 saturated heterocycles. The fourth-order valence-electron chi connectivity index (χ4n) is 5.87. The monoisotopic (exact) mass is 485 g/mol. The standard InChI is InChI=1S/C35H23N3/c1-3-10-26(11-4-1)37-32-16-8-7-14-28(32)29-19-17-24(22-33(29)37)25-18-20-30-31-15-9-21-36-35(31)38(34(30)23-25)27-12-5-2-6-13-27/h1-23H. The fraction of sp³-hybridized carbons (Fsp3) is 0. The van der Waals surface area contributed by atoms with Crippen LogP contribution in [0.1, 0.15) is 0 Å². The van der Waals surface area contributed by atoms with E-state index in [1.165, 1.54) is 44.0 Å². The molecule has 38 heavy (non-hydrogen) atoms. The lowest BCUT2D eigenvalue weighted by atomic mass is 10.0. The second kappa shape index (κ2) is 8.19. The summed E-state index contributed by atoms with van der Waals surface area (Å²) in [5, 5.41) is 4.90. The number of pyridine rings is 1. The van der Waals surface area contributed by atoms with Crippen molar-refractivity contribution < 1.29 is 0 Å². The number of rotatable bonds is 3. The van der Waals surface area contributed by atoms with Gasteiger partial charge in [0.25, 0.3) is 0 Å². The number of nitrogens with zero attached hydrogens (tertiary/aromatic N) is 3. The Labute approximate surface area is 219 Å². The summed E-state index contributed by atoms with van der Waals surface area (Å²) in [7, 11) is 0. The third-order valence-corrected chi connectivity index (χ3v) is 7.56. The summed E-state index contributed by atoms with van der Waals surface area (Å²) < 4.78 is 4.64. The molecule has 0 radical (unpaired) electrons. The zero-order valence-electron chi connectivity index (χ0n) is 20.6. The molecule has 0 aliphatic heterocycles. The van der Waals surface area contributed by atoms with Gasteiger partial charge in [-0.15, -0.1) is 0 Å². The fourth-order valence-corrected chi connectivity index (χ4v) is 5.87. The Morgan fingerprint density at radius 3 is 1.63 bits per heavy atom. The van der Waals surface area contributed by atoms with Gasteiger partial charge in [0.2, 0.25) is 0 Å². The zero-order valence-corrected chi connectivity index (χ0v) is 20.6. The minimum absolute atomic E-state index is 0.977. The van der Waals surface area contributed by atoms with Gasteiger partial charge in [-0.2, -0.15) is 0 Å². The Bertz CT molecular complexity index is 1960. The molecule has 8 rings (SSSR count). The van der Waals surface area contributed by atoms with Crippen LogP contribution in [0.2, 0.25) is 0 Å². The van der Waals surface area contributed by atoms with Gasteiger partial charge in [0.15, 0.2) is 0 Å². The van der Waals surface area contributed by atoms with Crippen LogP contribution in [0, 0.1) is 0 Å². The van der Waals surface area contributed by atoms with Gasteiger partial charge in [0, 0.05) is 39.1 Å². The highest BCUT2D eigenvalue weighted by molar-refractivity contribution is 6.11. The van der Waals surface area contributed by atoms with Gasteiger partial charge >= 0.3 is 0 Å². The normalized spacial score (nSPS) is 11.7. The minimum atomic E-state index is 0.977. The molecule has 0 spiro atoms. The molecular weight excluding hydrogens is 462 g/mol. The number of fused-ring (bicyclic) bond motifs is 6. The summed E-state index contributed by atoms with van der Waals surface area (Å²) in [6.45, 7) is 0. The highest BCUT2D eigenvalue weighted by Gasteiger charge is 2.16. The molecule has 178 valence electrons. The average Bonchev–Trinajstić information content (AvgIpc) is 3.50. The van der Waals surface area contributed by atoms with Crippen LogP contribution in [-0.4, -0.2) is 14.1 Å². The molecule has 0 atom stereocenters. The van der Waals surface area contributed by atoms with Crippen molar-refractivity contribution in [2.75, 3.05) is 0 Å². The first-order chi connectivity index (χ1) is 18.9. The van der Waals surface area contributed by atoms with Crippen molar-refractivity contribution in [3.8, 4) is 22.5 Å². The van der Waals surface area contributed by atoms with E-state index in [2.05, 4.69) is 137 Å². The van der Waals surface area contributed by atoms with E-state index in [1.54, 1.807) is 0 Å². The van der Waals surface area contributed by atoms with Gasteiger partial charge in [-0.1, -0.05) is 78.9 Å². The first kappa shape index (κ1) is 21.0. The highest BCUT2D eigenvalue weighted by atomic mass is 15.0. The Kier molecular flexibility index (Phi) is 4.52. The van der Waals surface area contributed by atoms with E-state index in [4.69, 9.17) is 4.98 Å². The molecule has 3 heteroatoms. The zero-order chi connectivity index (χ0) is 25.1. The van der Waals surface area contributed by atoms with E-state index in [9.17, 15) is 0 Å². The number of para-hydroxylation sites is 3. The van der Waals surface area contributed by atoms with Crippen molar-refractivity contribution in [2.45, 2.75) is 0 Å². The van der Waals surface area contributed by atoms with Crippen molar-refractivity contribution in [1.29, 1.82) is 0 Å². The van der Waals surface area contributed by atoms with E-state index in [-0.39, 0.29) is 0 Å². The van der Waals surface area contributed by atoms with Crippen molar-refractivity contribution in [1.82, 2.24) is 14.1 Å². The number of benzene rings is 5. The predicted molar refractivity (Wildman–Crippen MR) is 158 cm³/mol. The molecule has 0 bridgehead atoms. The maximum absolute atomic E-state index is 4.77. The predicted octanol–water partition coefficient (Wildman–Crippen LogP) is 8.94. The quantitative estimate of drug-likeness (QED) is 0.245. The van der Waals surface area contributed by atoms with Crippen LogP contribution < -0.4 is 0 Å². The third kappa shape index (κ3) is 3.06. The average molecular weight is 486 g/mol. The van der Waals surface area contributed by atoms with Crippen molar-refractivity contribution >= 4 is 43.7 Å². The van der Waals surface area contributed by atoms with Gasteiger partial charge in [-0.3, -0.25) is 4.57 Å². The minimum Gasteiger partial charge on any atom is -0.309 e. The lowest BCUT2D eigenvalue weighted by Crippen LogP contribution is -1.95. The van der Waals surface area contributed by atoms with Gasteiger partial charge in [0.1, 0.15) is 5.65 Å². The topological polar surface area (TPSA) is 22.8 Å².